The van der Waals surface area contributed by atoms with Crippen LogP contribution in [0.25, 0.3) is 22.0 Å². The maximum Gasteiger partial charge on any atom is 0.339 e. The van der Waals surface area contributed by atoms with E-state index in [0.29, 0.717) is 21.8 Å². The molecule has 6 nitrogen and oxygen atoms in total. The largest absolute Gasteiger partial charge is 0.464 e. The lowest BCUT2D eigenvalue weighted by atomic mass is 9.88. The van der Waals surface area contributed by atoms with Crippen molar-refractivity contribution >= 4 is 40.1 Å². The Morgan fingerprint density at radius 2 is 1.67 bits per heavy atom. The highest BCUT2D eigenvalue weighted by molar-refractivity contribution is 6.30. The van der Waals surface area contributed by atoms with E-state index in [1.165, 1.54) is 0 Å². The van der Waals surface area contributed by atoms with Crippen molar-refractivity contribution in [2.24, 2.45) is 0 Å². The number of para-hydroxylation sites is 1. The topological polar surface area (TPSA) is 68.7 Å². The summed E-state index contributed by atoms with van der Waals surface area (Å²) in [4.78, 5) is 32.9. The molecule has 0 N–H and O–H groups in total. The Bertz CT molecular complexity index is 1500. The van der Waals surface area contributed by atoms with Gasteiger partial charge in [-0.2, -0.15) is 0 Å². The van der Waals surface area contributed by atoms with Crippen molar-refractivity contribution < 1.29 is 19.1 Å². The third-order valence-electron chi connectivity index (χ3n) is 6.28. The number of benzene rings is 3. The summed E-state index contributed by atoms with van der Waals surface area (Å²) >= 11 is 6.21. The number of halogens is 1. The zero-order valence-corrected chi connectivity index (χ0v) is 23.9. The number of aryl methyl sites for hydroxylation is 1. The SMILES string of the molecule is CCOC(=O)C(OC(C)(C)C)c1c(C)cc2nc(C(=O)N(C)c3ccccc3)ccc2c1-c1ccc(Cl)cc1. The third-order valence-corrected chi connectivity index (χ3v) is 6.53. The van der Waals surface area contributed by atoms with Crippen LogP contribution in [0.1, 0.15) is 55.4 Å². The molecule has 1 heterocycles. The van der Waals surface area contributed by atoms with Crippen LogP contribution in [0.15, 0.2) is 72.8 Å². The van der Waals surface area contributed by atoms with Gasteiger partial charge in [-0.05, 0) is 93.8 Å². The standard InChI is InChI=1S/C32H33ClN2O4/c1-7-38-31(37)29(39-32(3,4)5)27-20(2)19-26-24(28(27)21-13-15-22(33)16-14-21)17-18-25(34-26)30(36)35(6)23-11-9-8-10-12-23/h8-19,29H,7H2,1-6H3. The second kappa shape index (κ2) is 11.6. The molecule has 4 aromatic rings. The zero-order valence-electron chi connectivity index (χ0n) is 23.1. The average molecular weight is 545 g/mol. The molecule has 3 aromatic carbocycles. The monoisotopic (exact) mass is 544 g/mol. The molecule has 0 radical (unpaired) electrons. The second-order valence-electron chi connectivity index (χ2n) is 10.3. The molecule has 1 atom stereocenters. The molecule has 0 aliphatic heterocycles. The predicted octanol–water partition coefficient (Wildman–Crippen LogP) is 7.56. The third kappa shape index (κ3) is 6.29. The summed E-state index contributed by atoms with van der Waals surface area (Å²) in [5.41, 5.74) is 4.22. The highest BCUT2D eigenvalue weighted by Crippen LogP contribution is 2.41. The number of esters is 1. The number of amides is 1. The Kier molecular flexibility index (Phi) is 8.38. The smallest absolute Gasteiger partial charge is 0.339 e. The number of aromatic nitrogens is 1. The molecule has 7 heteroatoms. The molecule has 0 fully saturated rings. The van der Waals surface area contributed by atoms with E-state index in [0.717, 1.165) is 27.8 Å². The van der Waals surface area contributed by atoms with Crippen molar-refractivity contribution in [3.8, 4) is 11.1 Å². The molecule has 0 bridgehead atoms. The van der Waals surface area contributed by atoms with Gasteiger partial charge in [0, 0.05) is 28.7 Å². The van der Waals surface area contributed by atoms with E-state index in [4.69, 9.17) is 26.1 Å². The number of hydrogen-bond donors (Lipinski definition) is 0. The van der Waals surface area contributed by atoms with Crippen LogP contribution in [-0.4, -0.2) is 36.1 Å². The summed E-state index contributed by atoms with van der Waals surface area (Å²) in [6.45, 7) is 9.63. The van der Waals surface area contributed by atoms with E-state index in [9.17, 15) is 9.59 Å². The minimum absolute atomic E-state index is 0.224. The van der Waals surface area contributed by atoms with Crippen LogP contribution in [-0.2, 0) is 14.3 Å². The van der Waals surface area contributed by atoms with E-state index in [-0.39, 0.29) is 12.5 Å². The fraction of sp³-hybridized carbons (Fsp3) is 0.281. The number of fused-ring (bicyclic) bond motifs is 1. The fourth-order valence-electron chi connectivity index (χ4n) is 4.54. The summed E-state index contributed by atoms with van der Waals surface area (Å²) in [6, 6.07) is 22.3. The highest BCUT2D eigenvalue weighted by Gasteiger charge is 2.33. The van der Waals surface area contributed by atoms with Crippen LogP contribution in [0.4, 0.5) is 5.69 Å². The second-order valence-corrected chi connectivity index (χ2v) is 10.8. The molecule has 1 unspecified atom stereocenters. The molecule has 4 rings (SSSR count). The normalized spacial score (nSPS) is 12.3. The quantitative estimate of drug-likeness (QED) is 0.224. The first kappa shape index (κ1) is 28.3. The number of carbonyl (C=O) groups excluding carboxylic acids is 2. The van der Waals surface area contributed by atoms with Crippen LogP contribution in [0.3, 0.4) is 0 Å². The molecule has 1 aromatic heterocycles. The molecule has 0 aliphatic carbocycles. The van der Waals surface area contributed by atoms with Gasteiger partial charge in [-0.1, -0.05) is 41.9 Å². The summed E-state index contributed by atoms with van der Waals surface area (Å²) < 4.78 is 11.8. The van der Waals surface area contributed by atoms with E-state index < -0.39 is 17.7 Å². The number of pyridine rings is 1. The Labute approximate surface area is 234 Å². The number of hydrogen-bond acceptors (Lipinski definition) is 5. The highest BCUT2D eigenvalue weighted by atomic mass is 35.5. The number of rotatable bonds is 7. The maximum absolute atomic E-state index is 13.3. The van der Waals surface area contributed by atoms with Gasteiger partial charge in [0.1, 0.15) is 5.69 Å². The fourth-order valence-corrected chi connectivity index (χ4v) is 4.67. The molecule has 0 saturated carbocycles. The number of nitrogens with zero attached hydrogens (tertiary/aromatic N) is 2. The zero-order chi connectivity index (χ0) is 28.3. The van der Waals surface area contributed by atoms with Gasteiger partial charge < -0.3 is 14.4 Å². The van der Waals surface area contributed by atoms with Crippen LogP contribution in [0, 0.1) is 6.92 Å². The summed E-state index contributed by atoms with van der Waals surface area (Å²) in [6.07, 6.45) is -0.967. The maximum atomic E-state index is 13.3. The molecule has 202 valence electrons. The van der Waals surface area contributed by atoms with Gasteiger partial charge in [0.2, 0.25) is 0 Å². The van der Waals surface area contributed by atoms with Gasteiger partial charge in [0.25, 0.3) is 5.91 Å². The molecule has 0 spiro atoms. The van der Waals surface area contributed by atoms with Gasteiger partial charge in [0.15, 0.2) is 6.10 Å². The number of anilines is 1. The van der Waals surface area contributed by atoms with Gasteiger partial charge >= 0.3 is 5.97 Å². The number of carbonyl (C=O) groups is 2. The Balaban J connectivity index is 1.93. The van der Waals surface area contributed by atoms with Gasteiger partial charge in [-0.25, -0.2) is 9.78 Å². The Hall–Kier alpha value is -3.74. The van der Waals surface area contributed by atoms with Crippen molar-refractivity contribution in [1.29, 1.82) is 0 Å². The lowest BCUT2D eigenvalue weighted by Gasteiger charge is -2.29. The average Bonchev–Trinajstić information content (AvgIpc) is 2.90. The van der Waals surface area contributed by atoms with Crippen LogP contribution < -0.4 is 4.90 Å². The Morgan fingerprint density at radius 3 is 2.28 bits per heavy atom. The predicted molar refractivity (Wildman–Crippen MR) is 156 cm³/mol. The number of ether oxygens (including phenoxy) is 2. The first-order chi connectivity index (χ1) is 18.5. The first-order valence-electron chi connectivity index (χ1n) is 12.9. The molecule has 39 heavy (non-hydrogen) atoms. The van der Waals surface area contributed by atoms with E-state index >= 15 is 0 Å². The van der Waals surface area contributed by atoms with Crippen LogP contribution in [0.2, 0.25) is 5.02 Å². The molecule has 0 aliphatic rings. The molecule has 0 saturated heterocycles. The van der Waals surface area contributed by atoms with Crippen molar-refractivity contribution in [2.45, 2.75) is 46.3 Å². The summed E-state index contributed by atoms with van der Waals surface area (Å²) in [5, 5.41) is 1.38. The van der Waals surface area contributed by atoms with E-state index in [1.54, 1.807) is 37.1 Å². The lowest BCUT2D eigenvalue weighted by Crippen LogP contribution is -2.29. The molecular formula is C32H33ClN2O4. The minimum Gasteiger partial charge on any atom is -0.464 e. The molecular weight excluding hydrogens is 512 g/mol. The van der Waals surface area contributed by atoms with Crippen molar-refractivity contribution in [1.82, 2.24) is 4.98 Å². The van der Waals surface area contributed by atoms with E-state index in [2.05, 4.69) is 0 Å². The van der Waals surface area contributed by atoms with Crippen molar-refractivity contribution in [3.05, 3.63) is 94.6 Å². The van der Waals surface area contributed by atoms with Crippen molar-refractivity contribution in [2.75, 3.05) is 18.6 Å². The van der Waals surface area contributed by atoms with Crippen LogP contribution in [0.5, 0.6) is 0 Å². The van der Waals surface area contributed by atoms with Gasteiger partial charge in [-0.15, -0.1) is 0 Å². The van der Waals surface area contributed by atoms with Crippen molar-refractivity contribution in [3.63, 3.8) is 0 Å². The van der Waals surface area contributed by atoms with Gasteiger partial charge in [-0.3, -0.25) is 4.79 Å². The summed E-state index contributed by atoms with van der Waals surface area (Å²) in [5.74, 6) is -0.687. The van der Waals surface area contributed by atoms with Crippen LogP contribution >= 0.6 is 11.6 Å². The Morgan fingerprint density at radius 1 is 1.00 bits per heavy atom. The van der Waals surface area contributed by atoms with Gasteiger partial charge in [0.05, 0.1) is 17.7 Å². The lowest BCUT2D eigenvalue weighted by molar-refractivity contribution is -0.166. The minimum atomic E-state index is -0.967. The summed E-state index contributed by atoms with van der Waals surface area (Å²) in [7, 11) is 1.73. The first-order valence-corrected chi connectivity index (χ1v) is 13.3. The molecule has 1 amide bonds. The van der Waals surface area contributed by atoms with E-state index in [1.807, 2.05) is 82.3 Å².